The van der Waals surface area contributed by atoms with Crippen molar-refractivity contribution >= 4 is 28.6 Å². The number of hydrogen-bond acceptors (Lipinski definition) is 3. The first-order valence-electron chi connectivity index (χ1n) is 5.08. The zero-order valence-corrected chi connectivity index (χ0v) is 11.4. The molecule has 88 valence electrons. The number of esters is 1. The van der Waals surface area contributed by atoms with Crippen LogP contribution in [0.1, 0.15) is 21.5 Å². The van der Waals surface area contributed by atoms with Crippen LogP contribution in [0.3, 0.4) is 0 Å². The maximum Gasteiger partial charge on any atom is 0.337 e. The molecule has 1 aromatic heterocycles. The molecule has 0 aliphatic carbocycles. The van der Waals surface area contributed by atoms with Crippen LogP contribution in [0.5, 0.6) is 0 Å². The number of halogens is 1. The first kappa shape index (κ1) is 12.2. The fourth-order valence-corrected chi connectivity index (χ4v) is 2.00. The fraction of sp³-hybridized carbons (Fsp3) is 0.154. The smallest absolute Gasteiger partial charge is 0.337 e. The van der Waals surface area contributed by atoms with Gasteiger partial charge in [-0.3, -0.25) is 0 Å². The first-order chi connectivity index (χ1) is 8.20. The number of ether oxygens (including phenoxy) is 1. The molecule has 0 aliphatic rings. The molecule has 0 bridgehead atoms. The molecule has 0 saturated heterocycles. The van der Waals surface area contributed by atoms with Crippen molar-refractivity contribution in [3.63, 3.8) is 0 Å². The molecule has 2 aromatic rings. The SMILES string of the molecule is COC(=O)c1ccc(Cc2cocc2I)cc1. The van der Waals surface area contributed by atoms with E-state index in [-0.39, 0.29) is 5.97 Å². The fourth-order valence-electron chi connectivity index (χ4n) is 1.53. The second-order valence-corrected chi connectivity index (χ2v) is 4.77. The van der Waals surface area contributed by atoms with Gasteiger partial charge in [-0.05, 0) is 40.3 Å². The van der Waals surface area contributed by atoms with Crippen LogP contribution in [0.15, 0.2) is 41.2 Å². The van der Waals surface area contributed by atoms with Crippen molar-refractivity contribution in [2.75, 3.05) is 7.11 Å². The van der Waals surface area contributed by atoms with E-state index in [2.05, 4.69) is 27.3 Å². The minimum absolute atomic E-state index is 0.311. The molecule has 0 atom stereocenters. The van der Waals surface area contributed by atoms with Gasteiger partial charge in [0.25, 0.3) is 0 Å². The van der Waals surface area contributed by atoms with E-state index in [1.165, 1.54) is 7.11 Å². The number of methoxy groups -OCH3 is 1. The van der Waals surface area contributed by atoms with Gasteiger partial charge in [-0.25, -0.2) is 4.79 Å². The van der Waals surface area contributed by atoms with Crippen molar-refractivity contribution in [1.29, 1.82) is 0 Å². The average molecular weight is 342 g/mol. The van der Waals surface area contributed by atoms with Gasteiger partial charge in [-0.1, -0.05) is 12.1 Å². The normalized spacial score (nSPS) is 10.2. The van der Waals surface area contributed by atoms with Crippen molar-refractivity contribution in [1.82, 2.24) is 0 Å². The molecule has 1 aromatic carbocycles. The summed E-state index contributed by atoms with van der Waals surface area (Å²) in [6.07, 6.45) is 4.27. The van der Waals surface area contributed by atoms with E-state index in [1.807, 2.05) is 12.1 Å². The zero-order valence-electron chi connectivity index (χ0n) is 9.27. The van der Waals surface area contributed by atoms with Crippen molar-refractivity contribution in [3.8, 4) is 0 Å². The van der Waals surface area contributed by atoms with E-state index in [9.17, 15) is 4.79 Å². The van der Waals surface area contributed by atoms with Gasteiger partial charge in [0.1, 0.15) is 6.26 Å². The molecule has 0 unspecified atom stereocenters. The molecule has 0 radical (unpaired) electrons. The van der Waals surface area contributed by atoms with Gasteiger partial charge >= 0.3 is 5.97 Å². The number of rotatable bonds is 3. The van der Waals surface area contributed by atoms with Gasteiger partial charge in [0.15, 0.2) is 0 Å². The molecule has 17 heavy (non-hydrogen) atoms. The van der Waals surface area contributed by atoms with Crippen LogP contribution in [0.25, 0.3) is 0 Å². The van der Waals surface area contributed by atoms with Crippen molar-refractivity contribution in [2.24, 2.45) is 0 Å². The van der Waals surface area contributed by atoms with Crippen molar-refractivity contribution < 1.29 is 13.9 Å². The van der Waals surface area contributed by atoms with Crippen LogP contribution in [0.4, 0.5) is 0 Å². The monoisotopic (exact) mass is 342 g/mol. The molecule has 2 rings (SSSR count). The lowest BCUT2D eigenvalue weighted by molar-refractivity contribution is 0.0600. The number of benzene rings is 1. The van der Waals surface area contributed by atoms with Crippen LogP contribution in [-0.4, -0.2) is 13.1 Å². The number of hydrogen-bond donors (Lipinski definition) is 0. The predicted octanol–water partition coefficient (Wildman–Crippen LogP) is 3.26. The Bertz CT molecular complexity index is 514. The highest BCUT2D eigenvalue weighted by Crippen LogP contribution is 2.17. The Morgan fingerprint density at radius 3 is 2.53 bits per heavy atom. The lowest BCUT2D eigenvalue weighted by Crippen LogP contribution is -2.01. The van der Waals surface area contributed by atoms with Crippen LogP contribution in [-0.2, 0) is 11.2 Å². The van der Waals surface area contributed by atoms with E-state index in [0.29, 0.717) is 5.56 Å². The van der Waals surface area contributed by atoms with Gasteiger partial charge in [-0.2, -0.15) is 0 Å². The highest BCUT2D eigenvalue weighted by atomic mass is 127. The lowest BCUT2D eigenvalue weighted by Gasteiger charge is -2.02. The largest absolute Gasteiger partial charge is 0.471 e. The topological polar surface area (TPSA) is 39.4 Å². The second kappa shape index (κ2) is 5.35. The average Bonchev–Trinajstić information content (AvgIpc) is 2.75. The van der Waals surface area contributed by atoms with Crippen LogP contribution in [0.2, 0.25) is 0 Å². The Labute approximate surface area is 113 Å². The highest BCUT2D eigenvalue weighted by molar-refractivity contribution is 14.1. The van der Waals surface area contributed by atoms with Crippen LogP contribution >= 0.6 is 22.6 Å². The summed E-state index contributed by atoms with van der Waals surface area (Å²) in [5, 5.41) is 0. The Morgan fingerprint density at radius 2 is 2.00 bits per heavy atom. The number of carbonyl (C=O) groups excluding carboxylic acids is 1. The van der Waals surface area contributed by atoms with Gasteiger partial charge in [0.05, 0.1) is 22.5 Å². The molecule has 0 saturated carbocycles. The zero-order chi connectivity index (χ0) is 12.3. The molecule has 0 N–H and O–H groups in total. The summed E-state index contributed by atoms with van der Waals surface area (Å²) in [5.74, 6) is -0.311. The van der Waals surface area contributed by atoms with E-state index in [0.717, 1.165) is 21.1 Å². The molecular weight excluding hydrogens is 331 g/mol. The molecule has 0 spiro atoms. The predicted molar refractivity (Wildman–Crippen MR) is 72.0 cm³/mol. The van der Waals surface area contributed by atoms with E-state index >= 15 is 0 Å². The molecule has 0 aliphatic heterocycles. The van der Waals surface area contributed by atoms with E-state index in [4.69, 9.17) is 4.42 Å². The summed E-state index contributed by atoms with van der Waals surface area (Å²) in [5.41, 5.74) is 2.85. The van der Waals surface area contributed by atoms with Gasteiger partial charge in [0.2, 0.25) is 0 Å². The van der Waals surface area contributed by atoms with Crippen LogP contribution in [0, 0.1) is 3.57 Å². The highest BCUT2D eigenvalue weighted by Gasteiger charge is 2.06. The Morgan fingerprint density at radius 1 is 1.29 bits per heavy atom. The van der Waals surface area contributed by atoms with Gasteiger partial charge in [0, 0.05) is 12.0 Å². The molecule has 0 amide bonds. The maximum absolute atomic E-state index is 11.3. The Kier molecular flexibility index (Phi) is 3.83. The summed E-state index contributed by atoms with van der Waals surface area (Å²) >= 11 is 2.24. The molecule has 0 fully saturated rings. The van der Waals surface area contributed by atoms with E-state index < -0.39 is 0 Å². The minimum atomic E-state index is -0.311. The first-order valence-corrected chi connectivity index (χ1v) is 6.16. The number of carbonyl (C=O) groups is 1. The van der Waals surface area contributed by atoms with Gasteiger partial charge < -0.3 is 9.15 Å². The second-order valence-electron chi connectivity index (χ2n) is 3.61. The van der Waals surface area contributed by atoms with Crippen molar-refractivity contribution in [2.45, 2.75) is 6.42 Å². The standard InChI is InChI=1S/C13H11IO3/c1-16-13(15)10-4-2-9(3-5-10)6-11-7-17-8-12(11)14/h2-5,7-8H,6H2,1H3. The Hall–Kier alpha value is -1.30. The third-order valence-electron chi connectivity index (χ3n) is 2.46. The maximum atomic E-state index is 11.3. The lowest BCUT2D eigenvalue weighted by atomic mass is 10.1. The third kappa shape index (κ3) is 2.88. The summed E-state index contributed by atoms with van der Waals surface area (Å²) in [4.78, 5) is 11.3. The number of furan rings is 1. The summed E-state index contributed by atoms with van der Waals surface area (Å²) in [7, 11) is 1.38. The summed E-state index contributed by atoms with van der Waals surface area (Å²) in [6, 6.07) is 7.40. The molecule has 4 heteroatoms. The van der Waals surface area contributed by atoms with Crippen molar-refractivity contribution in [3.05, 3.63) is 57.1 Å². The minimum Gasteiger partial charge on any atom is -0.471 e. The van der Waals surface area contributed by atoms with Gasteiger partial charge in [-0.15, -0.1) is 0 Å². The third-order valence-corrected chi connectivity index (χ3v) is 3.41. The summed E-state index contributed by atoms with van der Waals surface area (Å²) in [6.45, 7) is 0. The quantitative estimate of drug-likeness (QED) is 0.635. The molecular formula is C13H11IO3. The Balaban J connectivity index is 2.14. The summed E-state index contributed by atoms with van der Waals surface area (Å²) < 4.78 is 10.9. The molecule has 1 heterocycles. The van der Waals surface area contributed by atoms with Crippen LogP contribution < -0.4 is 0 Å². The molecule has 3 nitrogen and oxygen atoms in total. The van der Waals surface area contributed by atoms with E-state index in [1.54, 1.807) is 24.7 Å².